The van der Waals surface area contributed by atoms with Crippen LogP contribution in [0.3, 0.4) is 0 Å². The Morgan fingerprint density at radius 3 is 2.69 bits per heavy atom. The average Bonchev–Trinajstić information content (AvgIpc) is 2.60. The van der Waals surface area contributed by atoms with Crippen LogP contribution in [0.4, 0.5) is 0 Å². The van der Waals surface area contributed by atoms with Crippen molar-refractivity contribution in [2.75, 3.05) is 7.05 Å². The number of nitrogens with one attached hydrogen (secondary N) is 1. The van der Waals surface area contributed by atoms with Crippen LogP contribution in [-0.2, 0) is 12.0 Å². The first kappa shape index (κ1) is 11.1. The predicted molar refractivity (Wildman–Crippen MR) is 65.5 cm³/mol. The molecule has 1 heterocycles. The van der Waals surface area contributed by atoms with Crippen molar-refractivity contribution < 1.29 is 4.42 Å². The van der Waals surface area contributed by atoms with Crippen LogP contribution in [0.15, 0.2) is 22.6 Å². The van der Waals surface area contributed by atoms with E-state index in [0.29, 0.717) is 0 Å². The summed E-state index contributed by atoms with van der Waals surface area (Å²) in [7, 11) is 1.94. The second kappa shape index (κ2) is 3.91. The zero-order valence-electron chi connectivity index (χ0n) is 10.3. The van der Waals surface area contributed by atoms with E-state index in [4.69, 9.17) is 4.42 Å². The lowest BCUT2D eigenvalue weighted by molar-refractivity contribution is 0.411. The van der Waals surface area contributed by atoms with Gasteiger partial charge in [0.2, 0.25) is 5.89 Å². The molecule has 1 N–H and O–H groups in total. The number of fused-ring (bicyclic) bond motifs is 1. The van der Waals surface area contributed by atoms with Gasteiger partial charge in [-0.25, -0.2) is 4.98 Å². The van der Waals surface area contributed by atoms with Crippen LogP contribution in [0.25, 0.3) is 11.1 Å². The van der Waals surface area contributed by atoms with Gasteiger partial charge in [0.1, 0.15) is 5.52 Å². The van der Waals surface area contributed by atoms with E-state index in [-0.39, 0.29) is 5.41 Å². The lowest BCUT2D eigenvalue weighted by atomic mass is 9.97. The average molecular weight is 218 g/mol. The minimum Gasteiger partial charge on any atom is -0.440 e. The van der Waals surface area contributed by atoms with Crippen molar-refractivity contribution >= 4 is 11.1 Å². The van der Waals surface area contributed by atoms with Crippen LogP contribution >= 0.6 is 0 Å². The molecule has 2 rings (SSSR count). The summed E-state index contributed by atoms with van der Waals surface area (Å²) in [5, 5.41) is 3.13. The third kappa shape index (κ3) is 2.09. The number of nitrogens with zero attached hydrogens (tertiary/aromatic N) is 1. The summed E-state index contributed by atoms with van der Waals surface area (Å²) in [6.07, 6.45) is 0. The Bertz CT molecular complexity index is 494. The molecule has 0 saturated carbocycles. The largest absolute Gasteiger partial charge is 0.440 e. The van der Waals surface area contributed by atoms with Crippen LogP contribution in [0.2, 0.25) is 0 Å². The van der Waals surface area contributed by atoms with Crippen molar-refractivity contribution in [2.45, 2.75) is 32.7 Å². The Labute approximate surface area is 95.9 Å². The minimum absolute atomic E-state index is 0.0395. The number of oxazole rings is 1. The molecule has 1 aromatic heterocycles. The van der Waals surface area contributed by atoms with Crippen molar-refractivity contribution in [1.29, 1.82) is 0 Å². The maximum Gasteiger partial charge on any atom is 0.200 e. The maximum absolute atomic E-state index is 5.73. The number of hydrogen-bond acceptors (Lipinski definition) is 3. The number of aromatic nitrogens is 1. The van der Waals surface area contributed by atoms with Gasteiger partial charge in [0.05, 0.1) is 0 Å². The molecule has 0 unspecified atom stereocenters. The monoisotopic (exact) mass is 218 g/mol. The van der Waals surface area contributed by atoms with Crippen LogP contribution in [0.5, 0.6) is 0 Å². The summed E-state index contributed by atoms with van der Waals surface area (Å²) in [6.45, 7) is 7.17. The number of benzene rings is 1. The van der Waals surface area contributed by atoms with E-state index in [2.05, 4.69) is 43.2 Å². The molecule has 86 valence electrons. The van der Waals surface area contributed by atoms with E-state index in [0.717, 1.165) is 23.5 Å². The summed E-state index contributed by atoms with van der Waals surface area (Å²) < 4.78 is 5.73. The van der Waals surface area contributed by atoms with Crippen LogP contribution < -0.4 is 5.32 Å². The molecule has 0 fully saturated rings. The van der Waals surface area contributed by atoms with Crippen molar-refractivity contribution in [3.8, 4) is 0 Å². The third-order valence-corrected chi connectivity index (χ3v) is 2.47. The Kier molecular flexibility index (Phi) is 2.72. The Hall–Kier alpha value is -1.35. The maximum atomic E-state index is 5.73. The molecule has 0 aliphatic carbocycles. The molecule has 0 atom stereocenters. The Morgan fingerprint density at radius 1 is 1.31 bits per heavy atom. The van der Waals surface area contributed by atoms with E-state index >= 15 is 0 Å². The Morgan fingerprint density at radius 2 is 2.06 bits per heavy atom. The molecule has 0 radical (unpaired) electrons. The van der Waals surface area contributed by atoms with Gasteiger partial charge in [-0.1, -0.05) is 26.8 Å². The molecule has 0 amide bonds. The standard InChI is InChI=1S/C13H18N2O/c1-13(2,3)12-15-10-7-9(8-14-4)5-6-11(10)16-12/h5-7,14H,8H2,1-4H3. The fourth-order valence-corrected chi connectivity index (χ4v) is 1.61. The van der Waals surface area contributed by atoms with Crippen molar-refractivity contribution in [3.63, 3.8) is 0 Å². The molecule has 16 heavy (non-hydrogen) atoms. The predicted octanol–water partition coefficient (Wildman–Crippen LogP) is 2.84. The van der Waals surface area contributed by atoms with E-state index < -0.39 is 0 Å². The quantitative estimate of drug-likeness (QED) is 0.842. The summed E-state index contributed by atoms with van der Waals surface area (Å²) >= 11 is 0. The van der Waals surface area contributed by atoms with Gasteiger partial charge in [-0.05, 0) is 24.7 Å². The molecular formula is C13H18N2O. The molecular weight excluding hydrogens is 200 g/mol. The van der Waals surface area contributed by atoms with E-state index in [9.17, 15) is 0 Å². The van der Waals surface area contributed by atoms with Gasteiger partial charge in [0, 0.05) is 12.0 Å². The SMILES string of the molecule is CNCc1ccc2oc(C(C)(C)C)nc2c1. The molecule has 2 aromatic rings. The van der Waals surface area contributed by atoms with Crippen LogP contribution in [0, 0.1) is 0 Å². The molecule has 0 aliphatic rings. The summed E-state index contributed by atoms with van der Waals surface area (Å²) in [6, 6.07) is 6.13. The highest BCUT2D eigenvalue weighted by Crippen LogP contribution is 2.26. The smallest absolute Gasteiger partial charge is 0.200 e. The van der Waals surface area contributed by atoms with Gasteiger partial charge in [-0.2, -0.15) is 0 Å². The fourth-order valence-electron chi connectivity index (χ4n) is 1.61. The first-order valence-corrected chi connectivity index (χ1v) is 5.55. The first-order valence-electron chi connectivity index (χ1n) is 5.55. The van der Waals surface area contributed by atoms with E-state index in [1.54, 1.807) is 0 Å². The molecule has 0 bridgehead atoms. The van der Waals surface area contributed by atoms with Gasteiger partial charge >= 0.3 is 0 Å². The summed E-state index contributed by atoms with van der Waals surface area (Å²) in [4.78, 5) is 4.53. The fraction of sp³-hybridized carbons (Fsp3) is 0.462. The third-order valence-electron chi connectivity index (χ3n) is 2.47. The second-order valence-corrected chi connectivity index (χ2v) is 5.10. The molecule has 0 aliphatic heterocycles. The number of hydrogen-bond donors (Lipinski definition) is 1. The van der Waals surface area contributed by atoms with Crippen molar-refractivity contribution in [1.82, 2.24) is 10.3 Å². The topological polar surface area (TPSA) is 38.1 Å². The first-order chi connectivity index (χ1) is 7.50. The van der Waals surface area contributed by atoms with Gasteiger partial charge in [0.25, 0.3) is 0 Å². The number of rotatable bonds is 2. The summed E-state index contributed by atoms with van der Waals surface area (Å²) in [5.74, 6) is 0.795. The van der Waals surface area contributed by atoms with Crippen LogP contribution in [0.1, 0.15) is 32.2 Å². The van der Waals surface area contributed by atoms with Crippen molar-refractivity contribution in [2.24, 2.45) is 0 Å². The van der Waals surface area contributed by atoms with Gasteiger partial charge < -0.3 is 9.73 Å². The minimum atomic E-state index is -0.0395. The second-order valence-electron chi connectivity index (χ2n) is 5.10. The normalized spacial score (nSPS) is 12.2. The molecule has 1 aromatic carbocycles. The highest BCUT2D eigenvalue weighted by Gasteiger charge is 2.20. The lowest BCUT2D eigenvalue weighted by Crippen LogP contribution is -2.10. The van der Waals surface area contributed by atoms with Gasteiger partial charge in [-0.3, -0.25) is 0 Å². The van der Waals surface area contributed by atoms with Crippen molar-refractivity contribution in [3.05, 3.63) is 29.7 Å². The van der Waals surface area contributed by atoms with Gasteiger partial charge in [0.15, 0.2) is 5.58 Å². The highest BCUT2D eigenvalue weighted by atomic mass is 16.3. The summed E-state index contributed by atoms with van der Waals surface area (Å²) in [5.41, 5.74) is 2.99. The molecule has 0 spiro atoms. The molecule has 3 nitrogen and oxygen atoms in total. The Balaban J connectivity index is 2.46. The molecule has 0 saturated heterocycles. The zero-order chi connectivity index (χ0) is 11.8. The lowest BCUT2D eigenvalue weighted by Gasteiger charge is -2.11. The highest BCUT2D eigenvalue weighted by molar-refractivity contribution is 5.73. The molecule has 3 heteroatoms. The van der Waals surface area contributed by atoms with Crippen LogP contribution in [-0.4, -0.2) is 12.0 Å². The zero-order valence-corrected chi connectivity index (χ0v) is 10.3. The van der Waals surface area contributed by atoms with Gasteiger partial charge in [-0.15, -0.1) is 0 Å². The van der Waals surface area contributed by atoms with E-state index in [1.807, 2.05) is 13.1 Å². The van der Waals surface area contributed by atoms with E-state index in [1.165, 1.54) is 5.56 Å².